The second-order valence-electron chi connectivity index (χ2n) is 4.45. The van der Waals surface area contributed by atoms with Gasteiger partial charge in [-0.1, -0.05) is 6.07 Å². The molecule has 0 radical (unpaired) electrons. The van der Waals surface area contributed by atoms with Gasteiger partial charge in [-0.3, -0.25) is 4.68 Å². The molecule has 0 atom stereocenters. The van der Waals surface area contributed by atoms with Crippen LogP contribution in [-0.4, -0.2) is 15.8 Å². The van der Waals surface area contributed by atoms with Gasteiger partial charge in [-0.05, 0) is 34.1 Å². The van der Waals surface area contributed by atoms with Gasteiger partial charge in [-0.2, -0.15) is 18.3 Å². The maximum atomic E-state index is 12.6. The zero-order chi connectivity index (χ0) is 16.3. The van der Waals surface area contributed by atoms with E-state index >= 15 is 0 Å². The van der Waals surface area contributed by atoms with Gasteiger partial charge >= 0.3 is 12.2 Å². The van der Waals surface area contributed by atoms with Crippen LogP contribution >= 0.6 is 15.9 Å². The molecule has 2 amide bonds. The Bertz CT molecular complexity index is 665. The number of hydrogen-bond donors (Lipinski definition) is 2. The molecule has 2 rings (SSSR count). The Morgan fingerprint density at radius 3 is 2.73 bits per heavy atom. The van der Waals surface area contributed by atoms with E-state index in [0.717, 1.165) is 22.3 Å². The number of amides is 2. The molecule has 0 fully saturated rings. The van der Waals surface area contributed by atoms with Crippen LogP contribution in [0, 0.1) is 0 Å². The first-order chi connectivity index (χ1) is 10.3. The van der Waals surface area contributed by atoms with Gasteiger partial charge in [0.25, 0.3) is 0 Å². The maximum Gasteiger partial charge on any atom is 0.416 e. The minimum Gasteiger partial charge on any atom is -0.332 e. The van der Waals surface area contributed by atoms with Crippen LogP contribution in [-0.2, 0) is 19.8 Å². The Hall–Kier alpha value is -2.03. The molecule has 1 heterocycles. The summed E-state index contributed by atoms with van der Waals surface area (Å²) in [5, 5.41) is 8.90. The summed E-state index contributed by atoms with van der Waals surface area (Å²) in [7, 11) is 1.71. The van der Waals surface area contributed by atoms with Crippen molar-refractivity contribution in [1.82, 2.24) is 15.1 Å². The molecule has 118 valence electrons. The topological polar surface area (TPSA) is 59.0 Å². The average molecular weight is 377 g/mol. The molecule has 2 N–H and O–H groups in total. The number of nitrogens with zero attached hydrogens (tertiary/aromatic N) is 2. The summed E-state index contributed by atoms with van der Waals surface area (Å²) < 4.78 is 40.1. The molecule has 1 aromatic heterocycles. The van der Waals surface area contributed by atoms with Crippen LogP contribution in [0.4, 0.5) is 23.7 Å². The maximum absolute atomic E-state index is 12.6. The van der Waals surface area contributed by atoms with Gasteiger partial charge in [-0.15, -0.1) is 0 Å². The van der Waals surface area contributed by atoms with E-state index in [9.17, 15) is 18.0 Å². The van der Waals surface area contributed by atoms with Crippen LogP contribution in [0.25, 0.3) is 0 Å². The second kappa shape index (κ2) is 6.39. The molecule has 0 aliphatic heterocycles. The predicted octanol–water partition coefficient (Wildman–Crippen LogP) is 3.52. The largest absolute Gasteiger partial charge is 0.416 e. The van der Waals surface area contributed by atoms with Crippen molar-refractivity contribution in [3.05, 3.63) is 46.2 Å². The molecule has 0 saturated carbocycles. The van der Waals surface area contributed by atoms with E-state index in [4.69, 9.17) is 0 Å². The van der Waals surface area contributed by atoms with Crippen LogP contribution in [0.5, 0.6) is 0 Å². The summed E-state index contributed by atoms with van der Waals surface area (Å²) in [6.45, 7) is 0.182. The highest BCUT2D eigenvalue weighted by Gasteiger charge is 2.30. The van der Waals surface area contributed by atoms with Gasteiger partial charge in [0.05, 0.1) is 28.5 Å². The molecule has 0 unspecified atom stereocenters. The summed E-state index contributed by atoms with van der Waals surface area (Å²) in [5.41, 5.74) is -0.0183. The van der Waals surface area contributed by atoms with E-state index in [-0.39, 0.29) is 12.2 Å². The molecule has 22 heavy (non-hydrogen) atoms. The molecule has 0 spiro atoms. The molecule has 0 bridgehead atoms. The van der Waals surface area contributed by atoms with Gasteiger partial charge in [0.15, 0.2) is 0 Å². The van der Waals surface area contributed by atoms with Gasteiger partial charge in [0, 0.05) is 12.7 Å². The summed E-state index contributed by atoms with van der Waals surface area (Å²) in [6, 6.07) is 3.83. The van der Waals surface area contributed by atoms with Crippen molar-refractivity contribution >= 4 is 27.6 Å². The summed E-state index contributed by atoms with van der Waals surface area (Å²) >= 11 is 3.29. The van der Waals surface area contributed by atoms with Crippen molar-refractivity contribution in [2.75, 3.05) is 5.32 Å². The lowest BCUT2D eigenvalue weighted by atomic mass is 10.2. The van der Waals surface area contributed by atoms with Gasteiger partial charge in [0.2, 0.25) is 0 Å². The molecule has 5 nitrogen and oxygen atoms in total. The third-order valence-electron chi connectivity index (χ3n) is 2.87. The molecule has 0 aliphatic carbocycles. The molecule has 9 heteroatoms. The number of carbonyl (C=O) groups is 1. The molecule has 0 saturated heterocycles. The van der Waals surface area contributed by atoms with Crippen molar-refractivity contribution in [3.8, 4) is 0 Å². The number of benzene rings is 1. The first-order valence-corrected chi connectivity index (χ1v) is 6.95. The highest BCUT2D eigenvalue weighted by molar-refractivity contribution is 9.10. The normalized spacial score (nSPS) is 11.3. The van der Waals surface area contributed by atoms with E-state index in [0.29, 0.717) is 0 Å². The van der Waals surface area contributed by atoms with Crippen molar-refractivity contribution in [1.29, 1.82) is 0 Å². The number of halogens is 4. The number of aryl methyl sites for hydroxylation is 1. The molecule has 1 aromatic carbocycles. The second-order valence-corrected chi connectivity index (χ2v) is 5.30. The molecule has 2 aromatic rings. The van der Waals surface area contributed by atoms with E-state index in [1.54, 1.807) is 17.9 Å². The van der Waals surface area contributed by atoms with E-state index in [1.165, 1.54) is 12.1 Å². The van der Waals surface area contributed by atoms with Crippen LogP contribution in [0.15, 0.2) is 34.9 Å². The molecule has 0 aliphatic rings. The molecular formula is C13H12BrF3N4O. The Kier molecular flexibility index (Phi) is 4.74. The number of urea groups is 1. The zero-order valence-electron chi connectivity index (χ0n) is 11.4. The lowest BCUT2D eigenvalue weighted by Crippen LogP contribution is -2.29. The quantitative estimate of drug-likeness (QED) is 0.860. The minimum absolute atomic E-state index is 0.0661. The van der Waals surface area contributed by atoms with Crippen LogP contribution in [0.1, 0.15) is 11.3 Å². The van der Waals surface area contributed by atoms with Crippen LogP contribution in [0.3, 0.4) is 0 Å². The third-order valence-corrected chi connectivity index (χ3v) is 3.54. The number of anilines is 1. The predicted molar refractivity (Wildman–Crippen MR) is 78.2 cm³/mol. The smallest absolute Gasteiger partial charge is 0.332 e. The number of rotatable bonds is 3. The summed E-state index contributed by atoms with van der Waals surface area (Å²) in [5.74, 6) is 0. The third kappa shape index (κ3) is 4.00. The van der Waals surface area contributed by atoms with Crippen molar-refractivity contribution in [2.45, 2.75) is 12.7 Å². The average Bonchev–Trinajstić information content (AvgIpc) is 2.75. The van der Waals surface area contributed by atoms with Gasteiger partial charge in [-0.25, -0.2) is 4.79 Å². The van der Waals surface area contributed by atoms with Crippen molar-refractivity contribution in [3.63, 3.8) is 0 Å². The standard InChI is InChI=1S/C13H12BrF3N4O/c1-21-11(10(14)6-19-21)7-18-12(22)20-9-4-2-3-8(5-9)13(15,16)17/h2-6H,7H2,1H3,(H2,18,20,22). The summed E-state index contributed by atoms with van der Waals surface area (Å²) in [4.78, 5) is 11.7. The zero-order valence-corrected chi connectivity index (χ0v) is 13.0. The number of carbonyl (C=O) groups excluding carboxylic acids is 1. The minimum atomic E-state index is -4.45. The van der Waals surface area contributed by atoms with E-state index < -0.39 is 17.8 Å². The highest BCUT2D eigenvalue weighted by Crippen LogP contribution is 2.30. The fourth-order valence-corrected chi connectivity index (χ4v) is 2.24. The van der Waals surface area contributed by atoms with Crippen molar-refractivity contribution in [2.24, 2.45) is 7.05 Å². The van der Waals surface area contributed by atoms with Gasteiger partial charge < -0.3 is 10.6 Å². The van der Waals surface area contributed by atoms with Crippen LogP contribution in [0.2, 0.25) is 0 Å². The molecular weight excluding hydrogens is 365 g/mol. The Morgan fingerprint density at radius 2 is 2.14 bits per heavy atom. The SMILES string of the molecule is Cn1ncc(Br)c1CNC(=O)Nc1cccc(C(F)(F)F)c1. The highest BCUT2D eigenvalue weighted by atomic mass is 79.9. The fraction of sp³-hybridized carbons (Fsp3) is 0.231. The number of aromatic nitrogens is 2. The van der Waals surface area contributed by atoms with Crippen LogP contribution < -0.4 is 10.6 Å². The lowest BCUT2D eigenvalue weighted by Gasteiger charge is -2.11. The number of nitrogens with one attached hydrogen (secondary N) is 2. The Labute approximate surface area is 132 Å². The van der Waals surface area contributed by atoms with Crippen molar-refractivity contribution < 1.29 is 18.0 Å². The number of hydrogen-bond acceptors (Lipinski definition) is 2. The first kappa shape index (κ1) is 16.3. The Balaban J connectivity index is 1.98. The Morgan fingerprint density at radius 1 is 1.41 bits per heavy atom. The lowest BCUT2D eigenvalue weighted by molar-refractivity contribution is -0.137. The first-order valence-electron chi connectivity index (χ1n) is 6.16. The van der Waals surface area contributed by atoms with E-state index in [2.05, 4.69) is 31.7 Å². The van der Waals surface area contributed by atoms with E-state index in [1.807, 2.05) is 0 Å². The van der Waals surface area contributed by atoms with Gasteiger partial charge in [0.1, 0.15) is 0 Å². The number of alkyl halides is 3. The monoisotopic (exact) mass is 376 g/mol. The fourth-order valence-electron chi connectivity index (χ4n) is 1.75. The summed E-state index contributed by atoms with van der Waals surface area (Å²) in [6.07, 6.45) is -2.87.